The summed E-state index contributed by atoms with van der Waals surface area (Å²) in [5, 5.41) is 12.4. The molecule has 0 aliphatic rings. The molecule has 1 aromatic rings. The highest BCUT2D eigenvalue weighted by atomic mass is 32.2. The number of aromatic nitrogens is 2. The molecule has 0 saturated carbocycles. The van der Waals surface area contributed by atoms with Crippen molar-refractivity contribution in [3.63, 3.8) is 0 Å². The summed E-state index contributed by atoms with van der Waals surface area (Å²) >= 11 is 0. The van der Waals surface area contributed by atoms with Crippen molar-refractivity contribution in [2.24, 2.45) is 13.0 Å². The van der Waals surface area contributed by atoms with Gasteiger partial charge in [0.2, 0.25) is 10.0 Å². The number of nitrogens with one attached hydrogen (secondary N) is 1. The molecule has 1 atom stereocenters. The molecule has 0 radical (unpaired) electrons. The van der Waals surface area contributed by atoms with Crippen molar-refractivity contribution < 1.29 is 18.3 Å². The molecule has 0 saturated heterocycles. The molecule has 0 bridgehead atoms. The molecule has 0 aromatic carbocycles. The number of sulfonamides is 1. The molecular weight excluding hydrogens is 246 g/mol. The Kier molecular flexibility index (Phi) is 4.24. The second kappa shape index (κ2) is 5.28. The lowest BCUT2D eigenvalue weighted by molar-refractivity contribution is -0.141. The van der Waals surface area contributed by atoms with E-state index in [4.69, 9.17) is 5.11 Å². The number of nitrogens with zero attached hydrogens (tertiary/aromatic N) is 2. The number of carboxylic acid groups (broad SMARTS) is 1. The summed E-state index contributed by atoms with van der Waals surface area (Å²) in [4.78, 5) is 10.6. The highest BCUT2D eigenvalue weighted by Crippen LogP contribution is 2.07. The molecule has 8 heteroatoms. The molecule has 1 heterocycles. The lowest BCUT2D eigenvalue weighted by Crippen LogP contribution is -2.27. The van der Waals surface area contributed by atoms with Crippen molar-refractivity contribution in [1.82, 2.24) is 14.5 Å². The normalized spacial score (nSPS) is 13.5. The largest absolute Gasteiger partial charge is 0.481 e. The monoisotopic (exact) mass is 261 g/mol. The maximum Gasteiger partial charge on any atom is 0.306 e. The van der Waals surface area contributed by atoms with Gasteiger partial charge in [0.15, 0.2) is 0 Å². The molecule has 0 fully saturated rings. The molecule has 1 aromatic heterocycles. The highest BCUT2D eigenvalue weighted by molar-refractivity contribution is 7.89. The first-order valence-corrected chi connectivity index (χ1v) is 6.52. The van der Waals surface area contributed by atoms with E-state index in [-0.39, 0.29) is 17.9 Å². The van der Waals surface area contributed by atoms with E-state index in [9.17, 15) is 13.2 Å². The van der Waals surface area contributed by atoms with Crippen LogP contribution in [0.1, 0.15) is 13.3 Å². The van der Waals surface area contributed by atoms with E-state index in [2.05, 4.69) is 9.82 Å². The molecule has 96 valence electrons. The summed E-state index contributed by atoms with van der Waals surface area (Å²) in [5.74, 6) is -1.52. The third kappa shape index (κ3) is 3.82. The zero-order valence-corrected chi connectivity index (χ0v) is 10.4. The van der Waals surface area contributed by atoms with Crippen LogP contribution < -0.4 is 4.72 Å². The average molecular weight is 261 g/mol. The minimum Gasteiger partial charge on any atom is -0.481 e. The highest BCUT2D eigenvalue weighted by Gasteiger charge is 2.17. The lowest BCUT2D eigenvalue weighted by Gasteiger charge is -2.07. The van der Waals surface area contributed by atoms with Crippen LogP contribution in [0.5, 0.6) is 0 Å². The number of aryl methyl sites for hydroxylation is 1. The predicted molar refractivity (Wildman–Crippen MR) is 59.8 cm³/mol. The topological polar surface area (TPSA) is 101 Å². The van der Waals surface area contributed by atoms with E-state index in [1.807, 2.05) is 0 Å². The summed E-state index contributed by atoms with van der Waals surface area (Å²) in [6, 6.07) is 0. The van der Waals surface area contributed by atoms with Crippen LogP contribution in [0.15, 0.2) is 17.3 Å². The van der Waals surface area contributed by atoms with Gasteiger partial charge in [-0.15, -0.1) is 0 Å². The fourth-order valence-electron chi connectivity index (χ4n) is 1.15. The minimum absolute atomic E-state index is 0.0722. The van der Waals surface area contributed by atoms with E-state index in [1.165, 1.54) is 24.0 Å². The molecule has 0 spiro atoms. The predicted octanol–water partition coefficient (Wildman–Crippen LogP) is -0.191. The Morgan fingerprint density at radius 3 is 2.76 bits per heavy atom. The van der Waals surface area contributed by atoms with Gasteiger partial charge < -0.3 is 5.11 Å². The second-order valence-corrected chi connectivity index (χ2v) is 5.54. The summed E-state index contributed by atoms with van der Waals surface area (Å²) in [5.41, 5.74) is 0. The van der Waals surface area contributed by atoms with Gasteiger partial charge in [-0.25, -0.2) is 13.1 Å². The van der Waals surface area contributed by atoms with Gasteiger partial charge in [0.25, 0.3) is 0 Å². The molecule has 7 nitrogen and oxygen atoms in total. The van der Waals surface area contributed by atoms with Crippen LogP contribution in [0.3, 0.4) is 0 Å². The zero-order chi connectivity index (χ0) is 13.1. The summed E-state index contributed by atoms with van der Waals surface area (Å²) in [6.45, 7) is 1.62. The SMILES string of the molecule is CC(CCNS(=O)(=O)c1cnn(C)c1)C(=O)O. The lowest BCUT2D eigenvalue weighted by atomic mass is 10.1. The average Bonchev–Trinajstić information content (AvgIpc) is 2.65. The Hall–Kier alpha value is -1.41. The summed E-state index contributed by atoms with van der Waals surface area (Å²) < 4.78 is 27.1. The number of carbonyl (C=O) groups is 1. The number of carboxylic acids is 1. The molecule has 1 unspecified atom stereocenters. The third-order valence-corrected chi connectivity index (χ3v) is 3.70. The van der Waals surface area contributed by atoms with E-state index in [0.29, 0.717) is 0 Å². The van der Waals surface area contributed by atoms with Gasteiger partial charge in [-0.05, 0) is 6.42 Å². The number of rotatable bonds is 6. The van der Waals surface area contributed by atoms with Crippen molar-refractivity contribution in [3.8, 4) is 0 Å². The van der Waals surface area contributed by atoms with E-state index in [0.717, 1.165) is 0 Å². The van der Waals surface area contributed by atoms with Crippen LogP contribution in [0.2, 0.25) is 0 Å². The second-order valence-electron chi connectivity index (χ2n) is 3.78. The third-order valence-electron chi connectivity index (χ3n) is 2.28. The van der Waals surface area contributed by atoms with Crippen LogP contribution >= 0.6 is 0 Å². The summed E-state index contributed by atoms with van der Waals surface area (Å²) in [7, 11) is -1.97. The Balaban J connectivity index is 2.54. The van der Waals surface area contributed by atoms with E-state index < -0.39 is 21.9 Å². The molecule has 0 amide bonds. The van der Waals surface area contributed by atoms with Crippen molar-refractivity contribution in [1.29, 1.82) is 0 Å². The number of hydrogen-bond acceptors (Lipinski definition) is 4. The van der Waals surface area contributed by atoms with Gasteiger partial charge in [-0.2, -0.15) is 5.10 Å². The Labute approximate surface area is 99.5 Å². The Morgan fingerprint density at radius 1 is 1.65 bits per heavy atom. The van der Waals surface area contributed by atoms with E-state index >= 15 is 0 Å². The van der Waals surface area contributed by atoms with Crippen molar-refractivity contribution in [2.45, 2.75) is 18.2 Å². The fourth-order valence-corrected chi connectivity index (χ4v) is 2.18. The first-order valence-electron chi connectivity index (χ1n) is 5.04. The van der Waals surface area contributed by atoms with Crippen molar-refractivity contribution in [3.05, 3.63) is 12.4 Å². The fraction of sp³-hybridized carbons (Fsp3) is 0.556. The van der Waals surface area contributed by atoms with Crippen LogP contribution in [0.4, 0.5) is 0 Å². The quantitative estimate of drug-likeness (QED) is 0.739. The first-order chi connectivity index (χ1) is 7.83. The molecular formula is C9H15N3O4S. The molecule has 17 heavy (non-hydrogen) atoms. The Morgan fingerprint density at radius 2 is 2.29 bits per heavy atom. The zero-order valence-electron chi connectivity index (χ0n) is 9.62. The van der Waals surface area contributed by atoms with E-state index in [1.54, 1.807) is 7.05 Å². The smallest absolute Gasteiger partial charge is 0.306 e. The van der Waals surface area contributed by atoms with Gasteiger partial charge in [0.05, 0.1) is 12.1 Å². The molecule has 0 aliphatic heterocycles. The number of hydrogen-bond donors (Lipinski definition) is 2. The van der Waals surface area contributed by atoms with Gasteiger partial charge in [0, 0.05) is 19.8 Å². The minimum atomic E-state index is -3.59. The van der Waals surface area contributed by atoms with Crippen LogP contribution in [-0.2, 0) is 21.9 Å². The maximum absolute atomic E-state index is 11.7. The van der Waals surface area contributed by atoms with Gasteiger partial charge in [-0.1, -0.05) is 6.92 Å². The standard InChI is InChI=1S/C9H15N3O4S/c1-7(9(13)14)3-4-11-17(15,16)8-5-10-12(2)6-8/h5-7,11H,3-4H2,1-2H3,(H,13,14). The molecule has 1 rings (SSSR count). The summed E-state index contributed by atoms with van der Waals surface area (Å²) in [6.07, 6.45) is 2.86. The molecule has 2 N–H and O–H groups in total. The van der Waals surface area contributed by atoms with Crippen molar-refractivity contribution >= 4 is 16.0 Å². The molecule has 0 aliphatic carbocycles. The van der Waals surface area contributed by atoms with Crippen LogP contribution in [0.25, 0.3) is 0 Å². The first kappa shape index (κ1) is 13.7. The van der Waals surface area contributed by atoms with Gasteiger partial charge in [0.1, 0.15) is 4.90 Å². The Bertz CT molecular complexity index is 494. The van der Waals surface area contributed by atoms with Crippen LogP contribution in [-0.4, -0.2) is 35.8 Å². The van der Waals surface area contributed by atoms with Crippen LogP contribution in [0, 0.1) is 5.92 Å². The van der Waals surface area contributed by atoms with Crippen molar-refractivity contribution in [2.75, 3.05) is 6.54 Å². The maximum atomic E-state index is 11.7. The van der Waals surface area contributed by atoms with Gasteiger partial charge >= 0.3 is 5.97 Å². The number of aliphatic carboxylic acids is 1. The van der Waals surface area contributed by atoms with Gasteiger partial charge in [-0.3, -0.25) is 9.48 Å².